The number of rotatable bonds is 19. The maximum atomic E-state index is 12.7. The van der Waals surface area contributed by atoms with Crippen molar-refractivity contribution < 1.29 is 24.3 Å². The summed E-state index contributed by atoms with van der Waals surface area (Å²) in [5.74, 6) is -3.28. The summed E-state index contributed by atoms with van der Waals surface area (Å²) in [7, 11) is 0. The van der Waals surface area contributed by atoms with Gasteiger partial charge >= 0.3 is 5.97 Å². The predicted octanol–water partition coefficient (Wildman–Crippen LogP) is -4.28. The molecule has 206 valence electrons. The van der Waals surface area contributed by atoms with Crippen LogP contribution < -0.4 is 50.4 Å². The molecular weight excluding hydrogens is 474 g/mol. The molecule has 36 heavy (non-hydrogen) atoms. The molecule has 0 aromatic carbocycles. The third kappa shape index (κ3) is 16.0. The Morgan fingerprint density at radius 3 is 1.83 bits per heavy atom. The first-order valence-electron chi connectivity index (χ1n) is 11.6. The molecule has 0 aromatic rings. The van der Waals surface area contributed by atoms with Crippen molar-refractivity contribution in [2.45, 2.75) is 63.1 Å². The molecular formula is C20H41N11O5. The van der Waals surface area contributed by atoms with Gasteiger partial charge in [0.05, 0.1) is 12.6 Å². The molecule has 16 nitrogen and oxygen atoms in total. The smallest absolute Gasteiger partial charge is 0.326 e. The minimum atomic E-state index is -1.19. The summed E-state index contributed by atoms with van der Waals surface area (Å²) in [5, 5.41) is 16.6. The van der Waals surface area contributed by atoms with Gasteiger partial charge in [0.15, 0.2) is 11.9 Å². The summed E-state index contributed by atoms with van der Waals surface area (Å²) >= 11 is 0. The number of aliphatic imine (C=N–C) groups is 2. The number of hydrogen-bond acceptors (Lipinski definition) is 8. The molecule has 0 aliphatic rings. The molecule has 0 bridgehead atoms. The Bertz CT molecular complexity index is 767. The lowest BCUT2D eigenvalue weighted by atomic mass is 10.1. The molecule has 0 spiro atoms. The van der Waals surface area contributed by atoms with Crippen molar-refractivity contribution in [1.29, 1.82) is 0 Å². The van der Waals surface area contributed by atoms with Gasteiger partial charge in [-0.05, 0) is 51.5 Å². The number of guanidine groups is 2. The van der Waals surface area contributed by atoms with E-state index < -0.39 is 48.4 Å². The number of hydrogen-bond donors (Lipinski definition) is 10. The number of carbonyl (C=O) groups is 4. The maximum absolute atomic E-state index is 12.7. The standard InChI is InChI=1S/C20H41N11O5/c21-8-2-1-6-14(18(35)36)30-15(32)11-29-17(34)13(7-4-10-28-20(25)26)31-16(33)12(22)5-3-9-27-19(23)24/h12-14H,1-11,21-22H2,(H,29,34)(H,30,32)(H,31,33)(H,35,36)(H4,23,24,27)(H4,25,26,28). The van der Waals surface area contributed by atoms with E-state index in [0.29, 0.717) is 38.8 Å². The summed E-state index contributed by atoms with van der Waals surface area (Å²) in [4.78, 5) is 56.3. The Morgan fingerprint density at radius 2 is 1.31 bits per heavy atom. The van der Waals surface area contributed by atoms with Gasteiger partial charge in [-0.2, -0.15) is 0 Å². The van der Waals surface area contributed by atoms with Gasteiger partial charge in [-0.25, -0.2) is 4.79 Å². The summed E-state index contributed by atoms with van der Waals surface area (Å²) in [6, 6.07) is -3.04. The van der Waals surface area contributed by atoms with Crippen LogP contribution in [-0.2, 0) is 19.2 Å². The van der Waals surface area contributed by atoms with E-state index in [9.17, 15) is 24.3 Å². The van der Waals surface area contributed by atoms with Gasteiger partial charge < -0.3 is 55.5 Å². The second-order valence-electron chi connectivity index (χ2n) is 8.03. The maximum Gasteiger partial charge on any atom is 0.326 e. The fourth-order valence-corrected chi connectivity index (χ4v) is 2.99. The molecule has 0 saturated carbocycles. The highest BCUT2D eigenvalue weighted by Gasteiger charge is 2.25. The number of nitrogens with zero attached hydrogens (tertiary/aromatic N) is 2. The molecule has 0 aliphatic carbocycles. The van der Waals surface area contributed by atoms with E-state index in [1.54, 1.807) is 0 Å². The number of amides is 3. The summed E-state index contributed by atoms with van der Waals surface area (Å²) < 4.78 is 0. The highest BCUT2D eigenvalue weighted by Crippen LogP contribution is 2.03. The van der Waals surface area contributed by atoms with Gasteiger partial charge in [0, 0.05) is 13.1 Å². The van der Waals surface area contributed by atoms with Crippen LogP contribution in [0.1, 0.15) is 44.9 Å². The molecule has 16 heteroatoms. The normalized spacial score (nSPS) is 12.9. The van der Waals surface area contributed by atoms with Crippen LogP contribution in [0.4, 0.5) is 0 Å². The third-order valence-corrected chi connectivity index (χ3v) is 4.89. The highest BCUT2D eigenvalue weighted by atomic mass is 16.4. The van der Waals surface area contributed by atoms with E-state index in [1.165, 1.54) is 0 Å². The first-order valence-corrected chi connectivity index (χ1v) is 11.6. The summed E-state index contributed by atoms with van der Waals surface area (Å²) in [6.45, 7) is 0.442. The zero-order valence-electron chi connectivity index (χ0n) is 20.4. The van der Waals surface area contributed by atoms with Crippen molar-refractivity contribution in [3.63, 3.8) is 0 Å². The Kier molecular flexibility index (Phi) is 16.7. The minimum absolute atomic E-state index is 0.0696. The zero-order valence-corrected chi connectivity index (χ0v) is 20.4. The average Bonchev–Trinajstić information content (AvgIpc) is 2.80. The number of carboxylic acid groups (broad SMARTS) is 1. The molecule has 0 aliphatic heterocycles. The van der Waals surface area contributed by atoms with Gasteiger partial charge in [-0.3, -0.25) is 24.4 Å². The zero-order chi connectivity index (χ0) is 27.5. The molecule has 0 fully saturated rings. The lowest BCUT2D eigenvalue weighted by Gasteiger charge is -2.21. The van der Waals surface area contributed by atoms with E-state index in [2.05, 4.69) is 25.9 Å². The molecule has 16 N–H and O–H groups in total. The number of aliphatic carboxylic acids is 1. The molecule has 3 atom stereocenters. The van der Waals surface area contributed by atoms with Crippen LogP contribution in [0.2, 0.25) is 0 Å². The lowest BCUT2D eigenvalue weighted by Crippen LogP contribution is -2.53. The third-order valence-electron chi connectivity index (χ3n) is 4.89. The van der Waals surface area contributed by atoms with Crippen LogP contribution in [0.3, 0.4) is 0 Å². The van der Waals surface area contributed by atoms with Crippen molar-refractivity contribution in [2.75, 3.05) is 26.2 Å². The second-order valence-corrected chi connectivity index (χ2v) is 8.03. The molecule has 0 rings (SSSR count). The summed E-state index contributed by atoms with van der Waals surface area (Å²) in [6.07, 6.45) is 2.58. The largest absolute Gasteiger partial charge is 0.480 e. The predicted molar refractivity (Wildman–Crippen MR) is 135 cm³/mol. The van der Waals surface area contributed by atoms with E-state index in [-0.39, 0.29) is 37.7 Å². The van der Waals surface area contributed by atoms with Crippen LogP contribution in [0, 0.1) is 0 Å². The first kappa shape index (κ1) is 32.3. The Labute approximate surface area is 210 Å². The highest BCUT2D eigenvalue weighted by molar-refractivity contribution is 5.92. The monoisotopic (exact) mass is 515 g/mol. The van der Waals surface area contributed by atoms with E-state index in [4.69, 9.17) is 34.4 Å². The van der Waals surface area contributed by atoms with Crippen molar-refractivity contribution in [3.05, 3.63) is 0 Å². The average molecular weight is 516 g/mol. The molecule has 3 amide bonds. The van der Waals surface area contributed by atoms with E-state index in [0.717, 1.165) is 0 Å². The van der Waals surface area contributed by atoms with Crippen LogP contribution in [0.5, 0.6) is 0 Å². The van der Waals surface area contributed by atoms with Gasteiger partial charge in [-0.15, -0.1) is 0 Å². The Hall–Kier alpha value is -3.66. The van der Waals surface area contributed by atoms with Crippen molar-refractivity contribution >= 4 is 35.6 Å². The number of nitrogens with one attached hydrogen (secondary N) is 3. The Morgan fingerprint density at radius 1 is 0.750 bits per heavy atom. The van der Waals surface area contributed by atoms with Crippen LogP contribution >= 0.6 is 0 Å². The quantitative estimate of drug-likeness (QED) is 0.0445. The number of nitrogens with two attached hydrogens (primary N) is 6. The number of carbonyl (C=O) groups excluding carboxylic acids is 3. The summed E-state index contributed by atoms with van der Waals surface area (Å²) in [5.41, 5.74) is 32.4. The fourth-order valence-electron chi connectivity index (χ4n) is 2.99. The molecule has 0 radical (unpaired) electrons. The lowest BCUT2D eigenvalue weighted by molar-refractivity contribution is -0.142. The Balaban J connectivity index is 4.96. The topological polar surface area (TPSA) is 305 Å². The van der Waals surface area contributed by atoms with Crippen LogP contribution in [0.25, 0.3) is 0 Å². The van der Waals surface area contributed by atoms with Crippen molar-refractivity contribution in [2.24, 2.45) is 44.4 Å². The molecule has 0 saturated heterocycles. The first-order chi connectivity index (χ1) is 17.0. The van der Waals surface area contributed by atoms with Crippen LogP contribution in [0.15, 0.2) is 9.98 Å². The fraction of sp³-hybridized carbons (Fsp3) is 0.700. The molecule has 0 heterocycles. The SMILES string of the molecule is NCCCCC(NC(=O)CNC(=O)C(CCCN=C(N)N)NC(=O)C(N)CCCN=C(N)N)C(=O)O. The van der Waals surface area contributed by atoms with Gasteiger partial charge in [0.1, 0.15) is 12.1 Å². The number of carboxylic acids is 1. The van der Waals surface area contributed by atoms with Crippen molar-refractivity contribution in [1.82, 2.24) is 16.0 Å². The van der Waals surface area contributed by atoms with Gasteiger partial charge in [0.2, 0.25) is 17.7 Å². The molecule has 0 aromatic heterocycles. The van der Waals surface area contributed by atoms with Gasteiger partial charge in [-0.1, -0.05) is 0 Å². The van der Waals surface area contributed by atoms with Crippen LogP contribution in [-0.4, -0.2) is 85.0 Å². The van der Waals surface area contributed by atoms with E-state index >= 15 is 0 Å². The van der Waals surface area contributed by atoms with Crippen molar-refractivity contribution in [3.8, 4) is 0 Å². The minimum Gasteiger partial charge on any atom is -0.480 e. The van der Waals surface area contributed by atoms with Gasteiger partial charge in [0.25, 0.3) is 0 Å². The number of unbranched alkanes of at least 4 members (excludes halogenated alkanes) is 1. The van der Waals surface area contributed by atoms with E-state index in [1.807, 2.05) is 0 Å². The molecule has 3 unspecified atom stereocenters. The second kappa shape index (κ2) is 18.6.